The molecule has 1 heterocycles. The Hall–Kier alpha value is -2.63. The zero-order valence-corrected chi connectivity index (χ0v) is 12.3. The Morgan fingerprint density at radius 3 is 2.77 bits per heavy atom. The molecule has 22 heavy (non-hydrogen) atoms. The summed E-state index contributed by atoms with van der Waals surface area (Å²) in [4.78, 5) is 29.1. The van der Waals surface area contributed by atoms with Crippen molar-refractivity contribution in [2.24, 2.45) is 0 Å². The normalized spacial score (nSPS) is 10.4. The molecule has 116 valence electrons. The summed E-state index contributed by atoms with van der Waals surface area (Å²) in [6.07, 6.45) is 4.21. The average Bonchev–Trinajstić information content (AvgIpc) is 2.51. The average molecular weight is 302 g/mol. The van der Waals surface area contributed by atoms with E-state index >= 15 is 0 Å². The van der Waals surface area contributed by atoms with Crippen LogP contribution in [0.4, 0.5) is 0 Å². The van der Waals surface area contributed by atoms with Gasteiger partial charge in [-0.2, -0.15) is 0 Å². The van der Waals surface area contributed by atoms with Gasteiger partial charge in [-0.05, 0) is 18.6 Å². The van der Waals surface area contributed by atoms with Crippen LogP contribution in [0.2, 0.25) is 0 Å². The fraction of sp³-hybridized carbons (Fsp3) is 0.312. The minimum Gasteiger partial charge on any atom is -0.493 e. The first-order chi connectivity index (χ1) is 10.6. The molecule has 1 aromatic carbocycles. The van der Waals surface area contributed by atoms with E-state index in [-0.39, 0.29) is 5.56 Å². The van der Waals surface area contributed by atoms with E-state index in [2.05, 4.69) is 16.9 Å². The Balaban J connectivity index is 2.27. The Bertz CT molecular complexity index is 709. The van der Waals surface area contributed by atoms with E-state index in [1.54, 1.807) is 18.2 Å². The summed E-state index contributed by atoms with van der Waals surface area (Å²) in [6, 6.07) is 7.21. The summed E-state index contributed by atoms with van der Waals surface area (Å²) in [5.41, 5.74) is -0.434. The van der Waals surface area contributed by atoms with Crippen molar-refractivity contribution >= 4 is 5.97 Å². The number of nitrogens with zero attached hydrogens (tertiary/aromatic N) is 1. The number of hydrogen-bond acceptors (Lipinski definition) is 4. The molecule has 2 rings (SSSR count). The van der Waals surface area contributed by atoms with E-state index in [4.69, 9.17) is 9.84 Å². The molecule has 0 atom stereocenters. The molecule has 0 aliphatic rings. The minimum atomic E-state index is -1.30. The van der Waals surface area contributed by atoms with Crippen LogP contribution in [0.5, 0.6) is 5.75 Å². The zero-order valence-electron chi connectivity index (χ0n) is 12.3. The van der Waals surface area contributed by atoms with E-state index < -0.39 is 11.5 Å². The van der Waals surface area contributed by atoms with Crippen molar-refractivity contribution in [3.8, 4) is 17.1 Å². The summed E-state index contributed by atoms with van der Waals surface area (Å²) in [5.74, 6) is -0.393. The van der Waals surface area contributed by atoms with E-state index in [1.165, 1.54) is 0 Å². The summed E-state index contributed by atoms with van der Waals surface area (Å²) in [6.45, 7) is 2.70. The summed E-state index contributed by atoms with van der Waals surface area (Å²) in [7, 11) is 0. The van der Waals surface area contributed by atoms with Gasteiger partial charge < -0.3 is 14.8 Å². The molecule has 6 nitrogen and oxygen atoms in total. The van der Waals surface area contributed by atoms with Gasteiger partial charge in [0.1, 0.15) is 17.1 Å². The van der Waals surface area contributed by atoms with Crippen molar-refractivity contribution in [3.63, 3.8) is 0 Å². The SMILES string of the molecule is CCCCCOc1ccccc1-c1ncc(C(=O)O)c(=O)[nH]1. The number of aromatic carboxylic acids is 1. The third-order valence-corrected chi connectivity index (χ3v) is 3.18. The number of carbonyl (C=O) groups is 1. The molecule has 0 unspecified atom stereocenters. The van der Waals surface area contributed by atoms with Crippen molar-refractivity contribution in [1.82, 2.24) is 9.97 Å². The highest BCUT2D eigenvalue weighted by molar-refractivity contribution is 5.86. The van der Waals surface area contributed by atoms with Crippen molar-refractivity contribution in [3.05, 3.63) is 46.4 Å². The number of hydrogen-bond donors (Lipinski definition) is 2. The van der Waals surface area contributed by atoms with Crippen LogP contribution in [0.15, 0.2) is 35.3 Å². The van der Waals surface area contributed by atoms with Crippen LogP contribution in [-0.2, 0) is 0 Å². The monoisotopic (exact) mass is 302 g/mol. The molecule has 0 saturated heterocycles. The van der Waals surface area contributed by atoms with Crippen molar-refractivity contribution < 1.29 is 14.6 Å². The van der Waals surface area contributed by atoms with Gasteiger partial charge in [0.2, 0.25) is 0 Å². The molecule has 0 amide bonds. The molecule has 6 heteroatoms. The molecule has 1 aromatic heterocycles. The van der Waals surface area contributed by atoms with Crippen LogP contribution in [0.3, 0.4) is 0 Å². The highest BCUT2D eigenvalue weighted by Gasteiger charge is 2.13. The lowest BCUT2D eigenvalue weighted by molar-refractivity contribution is 0.0694. The number of aromatic nitrogens is 2. The van der Waals surface area contributed by atoms with Gasteiger partial charge in [-0.15, -0.1) is 0 Å². The Morgan fingerprint density at radius 2 is 2.09 bits per heavy atom. The first kappa shape index (κ1) is 15.8. The lowest BCUT2D eigenvalue weighted by Crippen LogP contribution is -2.18. The van der Waals surface area contributed by atoms with Crippen LogP contribution < -0.4 is 10.3 Å². The van der Waals surface area contributed by atoms with Gasteiger partial charge in [0.05, 0.1) is 12.2 Å². The molecule has 0 aliphatic heterocycles. The van der Waals surface area contributed by atoms with Gasteiger partial charge in [0.15, 0.2) is 0 Å². The number of unbranched alkanes of at least 4 members (excludes halogenated alkanes) is 2. The largest absolute Gasteiger partial charge is 0.493 e. The predicted molar refractivity (Wildman–Crippen MR) is 82.3 cm³/mol. The molecule has 0 fully saturated rings. The molecular weight excluding hydrogens is 284 g/mol. The second-order valence-corrected chi connectivity index (χ2v) is 4.83. The second kappa shape index (κ2) is 7.40. The number of benzene rings is 1. The van der Waals surface area contributed by atoms with Crippen LogP contribution in [-0.4, -0.2) is 27.7 Å². The number of H-pyrrole nitrogens is 1. The number of nitrogens with one attached hydrogen (secondary N) is 1. The molecule has 0 radical (unpaired) electrons. The third kappa shape index (κ3) is 3.72. The second-order valence-electron chi connectivity index (χ2n) is 4.83. The van der Waals surface area contributed by atoms with E-state index in [0.717, 1.165) is 25.5 Å². The number of carboxylic acids is 1. The van der Waals surface area contributed by atoms with Crippen LogP contribution in [0, 0.1) is 0 Å². The lowest BCUT2D eigenvalue weighted by atomic mass is 10.2. The van der Waals surface area contributed by atoms with Gasteiger partial charge >= 0.3 is 5.97 Å². The van der Waals surface area contributed by atoms with Gasteiger partial charge in [-0.25, -0.2) is 9.78 Å². The number of ether oxygens (including phenoxy) is 1. The number of aromatic amines is 1. The molecule has 0 aliphatic carbocycles. The first-order valence-electron chi connectivity index (χ1n) is 7.18. The van der Waals surface area contributed by atoms with E-state index in [9.17, 15) is 9.59 Å². The van der Waals surface area contributed by atoms with Gasteiger partial charge in [-0.3, -0.25) is 4.79 Å². The van der Waals surface area contributed by atoms with Gasteiger partial charge in [0.25, 0.3) is 5.56 Å². The zero-order chi connectivity index (χ0) is 15.9. The molecule has 2 aromatic rings. The quantitative estimate of drug-likeness (QED) is 0.767. The Labute approximate surface area is 127 Å². The third-order valence-electron chi connectivity index (χ3n) is 3.18. The van der Waals surface area contributed by atoms with Gasteiger partial charge in [-0.1, -0.05) is 31.9 Å². The van der Waals surface area contributed by atoms with E-state index in [0.29, 0.717) is 23.7 Å². The standard InChI is InChI=1S/C16H18N2O4/c1-2-3-6-9-22-13-8-5-4-7-11(13)14-17-10-12(16(20)21)15(19)18-14/h4-5,7-8,10H,2-3,6,9H2,1H3,(H,20,21)(H,17,18,19). The Kier molecular flexibility index (Phi) is 5.30. The predicted octanol–water partition coefficient (Wildman–Crippen LogP) is 2.70. The van der Waals surface area contributed by atoms with Crippen molar-refractivity contribution in [1.29, 1.82) is 0 Å². The topological polar surface area (TPSA) is 92.3 Å². The highest BCUT2D eigenvalue weighted by Crippen LogP contribution is 2.26. The molecule has 2 N–H and O–H groups in total. The maximum atomic E-state index is 11.7. The highest BCUT2D eigenvalue weighted by atomic mass is 16.5. The summed E-state index contributed by atoms with van der Waals surface area (Å²) in [5, 5.41) is 8.86. The smallest absolute Gasteiger partial charge is 0.342 e. The fourth-order valence-electron chi connectivity index (χ4n) is 2.01. The summed E-state index contributed by atoms with van der Waals surface area (Å²) < 4.78 is 5.73. The molecule has 0 bridgehead atoms. The number of rotatable bonds is 7. The lowest BCUT2D eigenvalue weighted by Gasteiger charge is -2.10. The maximum absolute atomic E-state index is 11.7. The van der Waals surface area contributed by atoms with Crippen molar-refractivity contribution in [2.45, 2.75) is 26.2 Å². The van der Waals surface area contributed by atoms with Crippen LogP contribution in [0.25, 0.3) is 11.4 Å². The summed E-state index contributed by atoms with van der Waals surface area (Å²) >= 11 is 0. The first-order valence-corrected chi connectivity index (χ1v) is 7.18. The maximum Gasteiger partial charge on any atom is 0.342 e. The van der Waals surface area contributed by atoms with Crippen molar-refractivity contribution in [2.75, 3.05) is 6.61 Å². The Morgan fingerprint density at radius 1 is 1.32 bits per heavy atom. The molecular formula is C16H18N2O4. The molecule has 0 saturated carbocycles. The van der Waals surface area contributed by atoms with E-state index in [1.807, 2.05) is 6.07 Å². The van der Waals surface area contributed by atoms with Crippen LogP contribution in [0.1, 0.15) is 36.5 Å². The van der Waals surface area contributed by atoms with Crippen LogP contribution >= 0.6 is 0 Å². The molecule has 0 spiro atoms. The minimum absolute atomic E-state index is 0.293. The number of para-hydroxylation sites is 1. The fourth-order valence-corrected chi connectivity index (χ4v) is 2.01. The van der Waals surface area contributed by atoms with Gasteiger partial charge in [0, 0.05) is 6.20 Å². The number of carboxylic acid groups (broad SMARTS) is 1.